The van der Waals surface area contributed by atoms with Gasteiger partial charge in [0.05, 0.1) is 4.47 Å². The maximum atomic E-state index is 13.0. The first-order valence-electron chi connectivity index (χ1n) is 5.84. The van der Waals surface area contributed by atoms with Gasteiger partial charge >= 0.3 is 0 Å². The van der Waals surface area contributed by atoms with Crippen LogP contribution in [0.1, 0.15) is 26.2 Å². The first kappa shape index (κ1) is 12.6. The largest absolute Gasteiger partial charge is 0.326 e. The average molecular weight is 300 g/mol. The Bertz CT molecular complexity index is 435. The molecule has 0 heterocycles. The van der Waals surface area contributed by atoms with Crippen molar-refractivity contribution in [1.29, 1.82) is 0 Å². The SMILES string of the molecule is CC1CCCC1C(=O)Nc1ccc(F)c(Br)c1. The number of rotatable bonds is 2. The summed E-state index contributed by atoms with van der Waals surface area (Å²) in [6.07, 6.45) is 3.19. The lowest BCUT2D eigenvalue weighted by Gasteiger charge is -2.15. The van der Waals surface area contributed by atoms with Gasteiger partial charge in [-0.1, -0.05) is 13.3 Å². The molecular formula is C13H15BrFNO. The number of carbonyl (C=O) groups is 1. The van der Waals surface area contributed by atoms with Gasteiger partial charge in [-0.2, -0.15) is 0 Å². The van der Waals surface area contributed by atoms with Crippen LogP contribution in [0, 0.1) is 17.7 Å². The quantitative estimate of drug-likeness (QED) is 0.880. The number of amides is 1. The Morgan fingerprint density at radius 1 is 1.47 bits per heavy atom. The molecule has 0 saturated heterocycles. The first-order chi connectivity index (χ1) is 8.08. The van der Waals surface area contributed by atoms with Gasteiger partial charge in [0.2, 0.25) is 5.91 Å². The van der Waals surface area contributed by atoms with Crippen LogP contribution < -0.4 is 5.32 Å². The van der Waals surface area contributed by atoms with E-state index in [9.17, 15) is 9.18 Å². The summed E-state index contributed by atoms with van der Waals surface area (Å²) in [6, 6.07) is 4.52. The normalized spacial score (nSPS) is 23.7. The van der Waals surface area contributed by atoms with Gasteiger partial charge in [0.25, 0.3) is 0 Å². The van der Waals surface area contributed by atoms with Crippen LogP contribution in [0.5, 0.6) is 0 Å². The molecule has 1 fully saturated rings. The van der Waals surface area contributed by atoms with E-state index in [4.69, 9.17) is 0 Å². The van der Waals surface area contributed by atoms with Crippen LogP contribution in [0.4, 0.5) is 10.1 Å². The number of carbonyl (C=O) groups excluding carboxylic acids is 1. The summed E-state index contributed by atoms with van der Waals surface area (Å²) >= 11 is 3.11. The molecule has 17 heavy (non-hydrogen) atoms. The van der Waals surface area contributed by atoms with E-state index in [2.05, 4.69) is 28.2 Å². The van der Waals surface area contributed by atoms with E-state index >= 15 is 0 Å². The van der Waals surface area contributed by atoms with E-state index in [1.165, 1.54) is 6.07 Å². The third-order valence-electron chi connectivity index (χ3n) is 3.39. The molecule has 1 N–H and O–H groups in total. The van der Waals surface area contributed by atoms with Gasteiger partial charge in [-0.3, -0.25) is 4.79 Å². The molecule has 0 aliphatic heterocycles. The fourth-order valence-corrected chi connectivity index (χ4v) is 2.72. The number of hydrogen-bond acceptors (Lipinski definition) is 1. The van der Waals surface area contributed by atoms with Crippen LogP contribution in [0.15, 0.2) is 22.7 Å². The minimum Gasteiger partial charge on any atom is -0.326 e. The third-order valence-corrected chi connectivity index (χ3v) is 3.99. The summed E-state index contributed by atoms with van der Waals surface area (Å²) in [5.41, 5.74) is 0.641. The summed E-state index contributed by atoms with van der Waals surface area (Å²) in [7, 11) is 0. The summed E-state index contributed by atoms with van der Waals surface area (Å²) < 4.78 is 13.4. The zero-order valence-corrected chi connectivity index (χ0v) is 11.3. The monoisotopic (exact) mass is 299 g/mol. The number of anilines is 1. The van der Waals surface area contributed by atoms with Gasteiger partial charge in [-0.15, -0.1) is 0 Å². The summed E-state index contributed by atoms with van der Waals surface area (Å²) in [6.45, 7) is 2.11. The van der Waals surface area contributed by atoms with Gasteiger partial charge in [0.1, 0.15) is 5.82 Å². The van der Waals surface area contributed by atoms with Gasteiger partial charge in [0.15, 0.2) is 0 Å². The van der Waals surface area contributed by atoms with Crippen molar-refractivity contribution in [3.8, 4) is 0 Å². The van der Waals surface area contributed by atoms with Gasteiger partial charge in [0, 0.05) is 11.6 Å². The summed E-state index contributed by atoms with van der Waals surface area (Å²) in [4.78, 5) is 12.0. The van der Waals surface area contributed by atoms with E-state index in [0.717, 1.165) is 19.3 Å². The molecule has 0 aromatic heterocycles. The molecule has 4 heteroatoms. The van der Waals surface area contributed by atoms with E-state index in [1.807, 2.05) is 0 Å². The molecule has 1 aromatic carbocycles. The molecule has 2 nitrogen and oxygen atoms in total. The minimum atomic E-state index is -0.322. The number of benzene rings is 1. The Kier molecular flexibility index (Phi) is 3.82. The number of hydrogen-bond donors (Lipinski definition) is 1. The Morgan fingerprint density at radius 3 is 2.82 bits per heavy atom. The predicted octanol–water partition coefficient (Wildman–Crippen LogP) is 3.96. The van der Waals surface area contributed by atoms with Crippen LogP contribution in [-0.2, 0) is 4.79 Å². The molecule has 2 atom stereocenters. The van der Waals surface area contributed by atoms with Crippen molar-refractivity contribution in [2.24, 2.45) is 11.8 Å². The molecule has 0 bridgehead atoms. The van der Waals surface area contributed by atoms with Crippen LogP contribution in [0.25, 0.3) is 0 Å². The molecule has 1 saturated carbocycles. The highest BCUT2D eigenvalue weighted by molar-refractivity contribution is 9.10. The topological polar surface area (TPSA) is 29.1 Å². The summed E-state index contributed by atoms with van der Waals surface area (Å²) in [5, 5.41) is 2.85. The maximum Gasteiger partial charge on any atom is 0.227 e. The second-order valence-electron chi connectivity index (χ2n) is 4.63. The van der Waals surface area contributed by atoms with Crippen LogP contribution in [0.2, 0.25) is 0 Å². The number of nitrogens with one attached hydrogen (secondary N) is 1. The second kappa shape index (κ2) is 5.17. The molecule has 2 unspecified atom stereocenters. The standard InChI is InChI=1S/C13H15BrFNO/c1-8-3-2-4-10(8)13(17)16-9-5-6-12(15)11(14)7-9/h5-8,10H,2-4H2,1H3,(H,16,17). The Morgan fingerprint density at radius 2 is 2.24 bits per heavy atom. The van der Waals surface area contributed by atoms with Crippen molar-refractivity contribution < 1.29 is 9.18 Å². The first-order valence-corrected chi connectivity index (χ1v) is 6.63. The van der Waals surface area contributed by atoms with Gasteiger partial charge < -0.3 is 5.32 Å². The molecule has 1 amide bonds. The van der Waals surface area contributed by atoms with Crippen LogP contribution in [0.3, 0.4) is 0 Å². The van der Waals surface area contributed by atoms with Crippen molar-refractivity contribution >= 4 is 27.5 Å². The highest BCUT2D eigenvalue weighted by atomic mass is 79.9. The van der Waals surface area contributed by atoms with Crippen LogP contribution >= 0.6 is 15.9 Å². The van der Waals surface area contributed by atoms with Crippen molar-refractivity contribution in [1.82, 2.24) is 0 Å². The molecular weight excluding hydrogens is 285 g/mol. The van der Waals surface area contributed by atoms with Crippen molar-refractivity contribution in [2.45, 2.75) is 26.2 Å². The predicted molar refractivity (Wildman–Crippen MR) is 69.2 cm³/mol. The lowest BCUT2D eigenvalue weighted by molar-refractivity contribution is -0.120. The van der Waals surface area contributed by atoms with Crippen molar-refractivity contribution in [3.63, 3.8) is 0 Å². The molecule has 1 aromatic rings. The Balaban J connectivity index is 2.05. The van der Waals surface area contributed by atoms with Gasteiger partial charge in [-0.05, 0) is 52.9 Å². The zero-order valence-electron chi connectivity index (χ0n) is 9.67. The fourth-order valence-electron chi connectivity index (χ4n) is 2.34. The maximum absolute atomic E-state index is 13.0. The van der Waals surface area contributed by atoms with Gasteiger partial charge in [-0.25, -0.2) is 4.39 Å². The molecule has 0 spiro atoms. The molecule has 1 aliphatic carbocycles. The lowest BCUT2D eigenvalue weighted by Crippen LogP contribution is -2.24. The summed E-state index contributed by atoms with van der Waals surface area (Å²) in [5.74, 6) is 0.267. The zero-order chi connectivity index (χ0) is 12.4. The van der Waals surface area contributed by atoms with E-state index in [0.29, 0.717) is 16.1 Å². The molecule has 92 valence electrons. The van der Waals surface area contributed by atoms with E-state index in [-0.39, 0.29) is 17.6 Å². The van der Waals surface area contributed by atoms with E-state index < -0.39 is 0 Å². The molecule has 0 radical (unpaired) electrons. The second-order valence-corrected chi connectivity index (χ2v) is 5.49. The average Bonchev–Trinajstić information content (AvgIpc) is 2.70. The molecule has 1 aliphatic rings. The van der Waals surface area contributed by atoms with Crippen LogP contribution in [-0.4, -0.2) is 5.91 Å². The number of halogens is 2. The highest BCUT2D eigenvalue weighted by Crippen LogP contribution is 2.32. The molecule has 2 rings (SSSR count). The smallest absolute Gasteiger partial charge is 0.227 e. The Hall–Kier alpha value is -0.900. The van der Waals surface area contributed by atoms with Crippen molar-refractivity contribution in [2.75, 3.05) is 5.32 Å². The van der Waals surface area contributed by atoms with Crippen molar-refractivity contribution in [3.05, 3.63) is 28.5 Å². The fraction of sp³-hybridized carbons (Fsp3) is 0.462. The highest BCUT2D eigenvalue weighted by Gasteiger charge is 2.29. The third kappa shape index (κ3) is 2.86. The Labute approximate surface area is 109 Å². The lowest BCUT2D eigenvalue weighted by atomic mass is 9.97. The minimum absolute atomic E-state index is 0.0495. The van der Waals surface area contributed by atoms with E-state index in [1.54, 1.807) is 12.1 Å².